The smallest absolute Gasteiger partial charge is 0.313 e. The molecule has 1 saturated heterocycles. The fourth-order valence-electron chi connectivity index (χ4n) is 2.95. The van der Waals surface area contributed by atoms with E-state index < -0.39 is 11.4 Å². The molecule has 22 heavy (non-hydrogen) atoms. The van der Waals surface area contributed by atoms with Gasteiger partial charge in [0.2, 0.25) is 5.91 Å². The number of aliphatic carboxylic acids is 1. The largest absolute Gasteiger partial charge is 0.481 e. The van der Waals surface area contributed by atoms with E-state index in [0.717, 1.165) is 6.42 Å². The minimum atomic E-state index is -0.962. The number of ether oxygens (including phenoxy) is 2. The lowest BCUT2D eigenvalue weighted by atomic mass is 9.88. The predicted molar refractivity (Wildman–Crippen MR) is 82.6 cm³/mol. The molecular formula is C16H29NO5. The summed E-state index contributed by atoms with van der Waals surface area (Å²) in [4.78, 5) is 25.2. The van der Waals surface area contributed by atoms with E-state index in [2.05, 4.69) is 13.8 Å². The molecule has 6 nitrogen and oxygen atoms in total. The van der Waals surface area contributed by atoms with Gasteiger partial charge in [0.15, 0.2) is 0 Å². The van der Waals surface area contributed by atoms with Crippen LogP contribution < -0.4 is 0 Å². The summed E-state index contributed by atoms with van der Waals surface area (Å²) >= 11 is 0. The van der Waals surface area contributed by atoms with Crippen LogP contribution in [0.2, 0.25) is 0 Å². The van der Waals surface area contributed by atoms with E-state index in [1.54, 1.807) is 4.90 Å². The molecule has 1 amide bonds. The van der Waals surface area contributed by atoms with Gasteiger partial charge in [0.05, 0.1) is 25.7 Å². The second kappa shape index (κ2) is 8.48. The fraction of sp³-hybridized carbons (Fsp3) is 0.875. The normalized spacial score (nSPS) is 23.0. The molecular weight excluding hydrogens is 286 g/mol. The first-order chi connectivity index (χ1) is 10.3. The van der Waals surface area contributed by atoms with Crippen molar-refractivity contribution in [3.05, 3.63) is 0 Å². The van der Waals surface area contributed by atoms with E-state index in [-0.39, 0.29) is 25.2 Å². The number of hydrogen-bond acceptors (Lipinski definition) is 4. The zero-order valence-electron chi connectivity index (χ0n) is 14.1. The Kier molecular flexibility index (Phi) is 7.29. The van der Waals surface area contributed by atoms with Crippen molar-refractivity contribution >= 4 is 11.9 Å². The average Bonchev–Trinajstić information content (AvgIpc) is 2.84. The van der Waals surface area contributed by atoms with Crippen molar-refractivity contribution in [1.82, 2.24) is 4.90 Å². The van der Waals surface area contributed by atoms with Gasteiger partial charge in [-0.2, -0.15) is 0 Å². The van der Waals surface area contributed by atoms with Crippen molar-refractivity contribution in [1.29, 1.82) is 0 Å². The highest BCUT2D eigenvalue weighted by Gasteiger charge is 2.46. The molecule has 2 atom stereocenters. The van der Waals surface area contributed by atoms with Crippen molar-refractivity contribution in [3.63, 3.8) is 0 Å². The standard InChI is InChI=1S/C16H29NO5/c1-12(2)9-13(3)22-8-5-14(18)17-7-6-16(10-17,11-21-4)15(19)20/h12-13H,5-11H2,1-4H3,(H,19,20). The van der Waals surface area contributed by atoms with Gasteiger partial charge in [0.25, 0.3) is 0 Å². The number of carboxylic acids is 1. The highest BCUT2D eigenvalue weighted by molar-refractivity contribution is 5.80. The second-order valence-corrected chi connectivity index (χ2v) is 6.64. The summed E-state index contributed by atoms with van der Waals surface area (Å²) < 4.78 is 10.7. The first kappa shape index (κ1) is 18.9. The van der Waals surface area contributed by atoms with Gasteiger partial charge in [-0.1, -0.05) is 13.8 Å². The lowest BCUT2D eigenvalue weighted by molar-refractivity contribution is -0.151. The maximum absolute atomic E-state index is 12.2. The number of carbonyl (C=O) groups excluding carboxylic acids is 1. The summed E-state index contributed by atoms with van der Waals surface area (Å²) in [6, 6.07) is 0. The molecule has 2 unspecified atom stereocenters. The number of likely N-dealkylation sites (tertiary alicyclic amines) is 1. The van der Waals surface area contributed by atoms with Crippen molar-refractivity contribution in [3.8, 4) is 0 Å². The Labute approximate surface area is 132 Å². The molecule has 0 bridgehead atoms. The summed E-state index contributed by atoms with van der Waals surface area (Å²) in [6.07, 6.45) is 1.84. The zero-order valence-corrected chi connectivity index (χ0v) is 14.1. The molecule has 1 N–H and O–H groups in total. The highest BCUT2D eigenvalue weighted by atomic mass is 16.5. The number of hydrogen-bond donors (Lipinski definition) is 1. The summed E-state index contributed by atoms with van der Waals surface area (Å²) in [5, 5.41) is 9.38. The van der Waals surface area contributed by atoms with Crippen molar-refractivity contribution in [2.45, 2.75) is 46.1 Å². The molecule has 1 aliphatic rings. The van der Waals surface area contributed by atoms with E-state index in [9.17, 15) is 14.7 Å². The van der Waals surface area contributed by atoms with Crippen LogP contribution in [0, 0.1) is 11.3 Å². The first-order valence-corrected chi connectivity index (χ1v) is 7.92. The molecule has 1 aliphatic heterocycles. The Balaban J connectivity index is 2.40. The summed E-state index contributed by atoms with van der Waals surface area (Å²) in [6.45, 7) is 7.48. The third kappa shape index (κ3) is 5.25. The summed E-state index contributed by atoms with van der Waals surface area (Å²) in [7, 11) is 1.49. The maximum atomic E-state index is 12.2. The SMILES string of the molecule is COCC1(C(=O)O)CCN(C(=O)CCOC(C)CC(C)C)C1. The number of rotatable bonds is 9. The monoisotopic (exact) mass is 315 g/mol. The summed E-state index contributed by atoms with van der Waals surface area (Å²) in [5.41, 5.74) is -0.962. The van der Waals surface area contributed by atoms with Crippen LogP contribution in [0.4, 0.5) is 0 Å². The molecule has 1 fully saturated rings. The zero-order chi connectivity index (χ0) is 16.8. The van der Waals surface area contributed by atoms with Crippen LogP contribution in [0.25, 0.3) is 0 Å². The summed E-state index contributed by atoms with van der Waals surface area (Å²) in [5.74, 6) is -0.378. The van der Waals surface area contributed by atoms with Gasteiger partial charge in [-0.3, -0.25) is 9.59 Å². The molecule has 1 rings (SSSR count). The number of methoxy groups -OCH3 is 1. The van der Waals surface area contributed by atoms with Crippen molar-refractivity contribution in [2.75, 3.05) is 33.4 Å². The minimum Gasteiger partial charge on any atom is -0.481 e. The minimum absolute atomic E-state index is 0.0454. The number of amides is 1. The lowest BCUT2D eigenvalue weighted by Gasteiger charge is -2.24. The van der Waals surface area contributed by atoms with Crippen LogP contribution in [0.1, 0.15) is 40.0 Å². The Hall–Kier alpha value is -1.14. The fourth-order valence-corrected chi connectivity index (χ4v) is 2.95. The van der Waals surface area contributed by atoms with Gasteiger partial charge < -0.3 is 19.5 Å². The molecule has 0 aliphatic carbocycles. The van der Waals surface area contributed by atoms with Crippen molar-refractivity contribution < 1.29 is 24.2 Å². The molecule has 128 valence electrons. The van der Waals surface area contributed by atoms with Crippen LogP contribution in [0.5, 0.6) is 0 Å². The topological polar surface area (TPSA) is 76.1 Å². The van der Waals surface area contributed by atoms with Crippen LogP contribution in [-0.2, 0) is 19.1 Å². The Morgan fingerprint density at radius 3 is 2.55 bits per heavy atom. The number of carbonyl (C=O) groups is 2. The molecule has 0 aromatic carbocycles. The van der Waals surface area contributed by atoms with E-state index in [4.69, 9.17) is 9.47 Å². The number of carboxylic acid groups (broad SMARTS) is 1. The molecule has 0 spiro atoms. The van der Waals surface area contributed by atoms with Gasteiger partial charge >= 0.3 is 5.97 Å². The van der Waals surface area contributed by atoms with E-state index in [1.807, 2.05) is 6.92 Å². The Bertz CT molecular complexity index is 385. The van der Waals surface area contributed by atoms with Gasteiger partial charge in [0, 0.05) is 20.2 Å². The molecule has 1 heterocycles. The van der Waals surface area contributed by atoms with Crippen LogP contribution in [0.15, 0.2) is 0 Å². The number of nitrogens with zero attached hydrogens (tertiary/aromatic N) is 1. The maximum Gasteiger partial charge on any atom is 0.313 e. The molecule has 0 saturated carbocycles. The molecule has 0 aromatic heterocycles. The van der Waals surface area contributed by atoms with Crippen LogP contribution in [0.3, 0.4) is 0 Å². The third-order valence-corrected chi connectivity index (χ3v) is 4.10. The Morgan fingerprint density at radius 1 is 1.32 bits per heavy atom. The van der Waals surface area contributed by atoms with Gasteiger partial charge in [-0.25, -0.2) is 0 Å². The van der Waals surface area contributed by atoms with Gasteiger partial charge in [-0.05, 0) is 25.7 Å². The van der Waals surface area contributed by atoms with Crippen LogP contribution in [-0.4, -0.2) is 61.4 Å². The Morgan fingerprint density at radius 2 is 2.00 bits per heavy atom. The molecule has 6 heteroatoms. The molecule has 0 radical (unpaired) electrons. The quantitative estimate of drug-likeness (QED) is 0.702. The van der Waals surface area contributed by atoms with E-state index in [1.165, 1.54) is 7.11 Å². The predicted octanol–water partition coefficient (Wildman–Crippen LogP) is 1.78. The van der Waals surface area contributed by atoms with Gasteiger partial charge in [-0.15, -0.1) is 0 Å². The third-order valence-electron chi connectivity index (χ3n) is 4.10. The van der Waals surface area contributed by atoms with Crippen LogP contribution >= 0.6 is 0 Å². The van der Waals surface area contributed by atoms with Crippen molar-refractivity contribution in [2.24, 2.45) is 11.3 Å². The second-order valence-electron chi connectivity index (χ2n) is 6.64. The van der Waals surface area contributed by atoms with E-state index >= 15 is 0 Å². The lowest BCUT2D eigenvalue weighted by Crippen LogP contribution is -2.40. The van der Waals surface area contributed by atoms with E-state index in [0.29, 0.717) is 31.9 Å². The molecule has 0 aromatic rings. The first-order valence-electron chi connectivity index (χ1n) is 7.92. The average molecular weight is 315 g/mol. The highest BCUT2D eigenvalue weighted by Crippen LogP contribution is 2.31. The van der Waals surface area contributed by atoms with Gasteiger partial charge in [0.1, 0.15) is 5.41 Å².